The standard InChI is InChI=1S/C11H15F2N3O2/c1-7-14-15-10(8-5-11(12,13)6-8)16(7)4-2-3-9(17)18/h8H,2-6H2,1H3,(H,17,18). The second-order valence-electron chi connectivity index (χ2n) is 4.72. The van der Waals surface area contributed by atoms with E-state index in [1.165, 1.54) is 0 Å². The number of rotatable bonds is 5. The van der Waals surface area contributed by atoms with Crippen molar-refractivity contribution in [2.24, 2.45) is 0 Å². The molecule has 1 aromatic rings. The Hall–Kier alpha value is -1.53. The summed E-state index contributed by atoms with van der Waals surface area (Å²) in [5, 5.41) is 16.4. The number of carbonyl (C=O) groups is 1. The van der Waals surface area contributed by atoms with Crippen LogP contribution in [0.25, 0.3) is 0 Å². The van der Waals surface area contributed by atoms with Gasteiger partial charge < -0.3 is 9.67 Å². The van der Waals surface area contributed by atoms with E-state index in [2.05, 4.69) is 10.2 Å². The number of aliphatic carboxylic acids is 1. The molecule has 0 unspecified atom stereocenters. The average molecular weight is 259 g/mol. The first-order chi connectivity index (χ1) is 8.39. The Morgan fingerprint density at radius 2 is 2.17 bits per heavy atom. The van der Waals surface area contributed by atoms with Gasteiger partial charge in [-0.3, -0.25) is 4.79 Å². The zero-order valence-electron chi connectivity index (χ0n) is 10.1. The van der Waals surface area contributed by atoms with Crippen LogP contribution in [0.5, 0.6) is 0 Å². The van der Waals surface area contributed by atoms with Crippen molar-refractivity contribution in [1.82, 2.24) is 14.8 Å². The van der Waals surface area contributed by atoms with E-state index in [-0.39, 0.29) is 25.2 Å². The number of halogens is 2. The van der Waals surface area contributed by atoms with E-state index in [0.29, 0.717) is 24.6 Å². The van der Waals surface area contributed by atoms with Crippen molar-refractivity contribution >= 4 is 5.97 Å². The first kappa shape index (κ1) is 12.9. The van der Waals surface area contributed by atoms with E-state index >= 15 is 0 Å². The third-order valence-electron chi connectivity index (χ3n) is 3.19. The topological polar surface area (TPSA) is 68.0 Å². The fourth-order valence-corrected chi connectivity index (χ4v) is 2.21. The van der Waals surface area contributed by atoms with Gasteiger partial charge in [0.25, 0.3) is 0 Å². The predicted octanol–water partition coefficient (Wildman–Crippen LogP) is 1.96. The highest BCUT2D eigenvalue weighted by molar-refractivity contribution is 5.66. The fraction of sp³-hybridized carbons (Fsp3) is 0.727. The number of hydrogen-bond acceptors (Lipinski definition) is 3. The summed E-state index contributed by atoms with van der Waals surface area (Å²) in [4.78, 5) is 10.4. The second-order valence-corrected chi connectivity index (χ2v) is 4.72. The number of carboxylic acids is 1. The molecule has 0 amide bonds. The molecule has 1 N–H and O–H groups in total. The lowest BCUT2D eigenvalue weighted by Crippen LogP contribution is -2.35. The van der Waals surface area contributed by atoms with Crippen molar-refractivity contribution in [3.8, 4) is 0 Å². The van der Waals surface area contributed by atoms with Crippen molar-refractivity contribution < 1.29 is 18.7 Å². The van der Waals surface area contributed by atoms with Gasteiger partial charge in [0.05, 0.1) is 0 Å². The van der Waals surface area contributed by atoms with Crippen LogP contribution >= 0.6 is 0 Å². The maximum Gasteiger partial charge on any atom is 0.303 e. The third kappa shape index (κ3) is 2.65. The largest absolute Gasteiger partial charge is 0.481 e. The maximum atomic E-state index is 12.8. The SMILES string of the molecule is Cc1nnc(C2CC(F)(F)C2)n1CCCC(=O)O. The summed E-state index contributed by atoms with van der Waals surface area (Å²) >= 11 is 0. The van der Waals surface area contributed by atoms with Crippen LogP contribution in [0.3, 0.4) is 0 Å². The molecule has 1 heterocycles. The Labute approximate surface area is 103 Å². The first-order valence-electron chi connectivity index (χ1n) is 5.88. The molecule has 0 spiro atoms. The lowest BCUT2D eigenvalue weighted by atomic mass is 9.80. The van der Waals surface area contributed by atoms with Crippen LogP contribution in [0.1, 0.15) is 43.3 Å². The van der Waals surface area contributed by atoms with Crippen LogP contribution in [0.15, 0.2) is 0 Å². The highest BCUT2D eigenvalue weighted by Gasteiger charge is 2.48. The van der Waals surface area contributed by atoms with Gasteiger partial charge in [0, 0.05) is 31.7 Å². The molecule has 2 rings (SSSR count). The minimum Gasteiger partial charge on any atom is -0.481 e. The predicted molar refractivity (Wildman–Crippen MR) is 58.6 cm³/mol. The zero-order valence-corrected chi connectivity index (χ0v) is 10.1. The quantitative estimate of drug-likeness (QED) is 0.877. The van der Waals surface area contributed by atoms with Crippen LogP contribution in [-0.4, -0.2) is 31.8 Å². The Bertz CT molecular complexity index is 451. The molecule has 18 heavy (non-hydrogen) atoms. The van der Waals surface area contributed by atoms with E-state index in [0.717, 1.165) is 0 Å². The molecule has 100 valence electrons. The Morgan fingerprint density at radius 1 is 1.50 bits per heavy atom. The number of carboxylic acid groups (broad SMARTS) is 1. The van der Waals surface area contributed by atoms with Gasteiger partial charge in [-0.15, -0.1) is 10.2 Å². The fourth-order valence-electron chi connectivity index (χ4n) is 2.21. The van der Waals surface area contributed by atoms with E-state index in [1.54, 1.807) is 11.5 Å². The van der Waals surface area contributed by atoms with Gasteiger partial charge in [0.1, 0.15) is 11.6 Å². The minimum absolute atomic E-state index is 0.0535. The van der Waals surface area contributed by atoms with E-state index in [9.17, 15) is 13.6 Å². The summed E-state index contributed by atoms with van der Waals surface area (Å²) in [6.07, 6.45) is 0.121. The number of alkyl halides is 2. The van der Waals surface area contributed by atoms with Gasteiger partial charge in [-0.2, -0.15) is 0 Å². The number of nitrogens with zero attached hydrogens (tertiary/aromatic N) is 3. The minimum atomic E-state index is -2.59. The molecule has 0 atom stereocenters. The van der Waals surface area contributed by atoms with Gasteiger partial charge in [-0.1, -0.05) is 0 Å². The monoisotopic (exact) mass is 259 g/mol. The molecule has 1 fully saturated rings. The molecule has 1 aliphatic rings. The molecule has 0 aliphatic heterocycles. The normalized spacial score (nSPS) is 18.6. The summed E-state index contributed by atoms with van der Waals surface area (Å²) in [7, 11) is 0. The van der Waals surface area contributed by atoms with Gasteiger partial charge in [-0.05, 0) is 13.3 Å². The van der Waals surface area contributed by atoms with Gasteiger partial charge in [-0.25, -0.2) is 8.78 Å². The zero-order chi connectivity index (χ0) is 13.3. The summed E-state index contributed by atoms with van der Waals surface area (Å²) in [5.74, 6) is -2.51. The molecule has 1 aromatic heterocycles. The Morgan fingerprint density at radius 3 is 2.72 bits per heavy atom. The molecule has 7 heteroatoms. The Balaban J connectivity index is 2.01. The molecule has 5 nitrogen and oxygen atoms in total. The van der Waals surface area contributed by atoms with Gasteiger partial charge in [0.15, 0.2) is 0 Å². The lowest BCUT2D eigenvalue weighted by molar-refractivity contribution is -0.137. The second kappa shape index (κ2) is 4.62. The maximum absolute atomic E-state index is 12.8. The summed E-state index contributed by atoms with van der Waals surface area (Å²) < 4.78 is 27.4. The van der Waals surface area contributed by atoms with Gasteiger partial charge >= 0.3 is 5.97 Å². The molecule has 0 radical (unpaired) electrons. The molecule has 0 bridgehead atoms. The van der Waals surface area contributed by atoms with Crippen molar-refractivity contribution in [2.75, 3.05) is 0 Å². The van der Waals surface area contributed by atoms with Crippen LogP contribution < -0.4 is 0 Å². The Kier molecular flexibility index (Phi) is 3.32. The summed E-state index contributed by atoms with van der Waals surface area (Å²) in [6, 6.07) is 0. The summed E-state index contributed by atoms with van der Waals surface area (Å²) in [5.41, 5.74) is 0. The van der Waals surface area contributed by atoms with E-state index in [4.69, 9.17) is 5.11 Å². The van der Waals surface area contributed by atoms with Crippen molar-refractivity contribution in [3.63, 3.8) is 0 Å². The smallest absolute Gasteiger partial charge is 0.303 e. The molecule has 0 aromatic carbocycles. The third-order valence-corrected chi connectivity index (χ3v) is 3.19. The lowest BCUT2D eigenvalue weighted by Gasteiger charge is -2.34. The molecule has 1 aliphatic carbocycles. The van der Waals surface area contributed by atoms with Crippen LogP contribution in [0, 0.1) is 6.92 Å². The number of aromatic nitrogens is 3. The molecular formula is C11H15F2N3O2. The average Bonchev–Trinajstić information content (AvgIpc) is 2.56. The molecular weight excluding hydrogens is 244 g/mol. The highest BCUT2D eigenvalue weighted by Crippen LogP contribution is 2.47. The first-order valence-corrected chi connectivity index (χ1v) is 5.88. The van der Waals surface area contributed by atoms with Crippen molar-refractivity contribution in [1.29, 1.82) is 0 Å². The van der Waals surface area contributed by atoms with Crippen molar-refractivity contribution in [3.05, 3.63) is 11.6 Å². The number of aryl methyl sites for hydroxylation is 1. The molecule has 1 saturated carbocycles. The summed E-state index contributed by atoms with van der Waals surface area (Å²) in [6.45, 7) is 2.20. The van der Waals surface area contributed by atoms with E-state index < -0.39 is 11.9 Å². The highest BCUT2D eigenvalue weighted by atomic mass is 19.3. The molecule has 0 saturated heterocycles. The van der Waals surface area contributed by atoms with Crippen LogP contribution in [0.2, 0.25) is 0 Å². The van der Waals surface area contributed by atoms with Gasteiger partial charge in [0.2, 0.25) is 5.92 Å². The van der Waals surface area contributed by atoms with Crippen LogP contribution in [-0.2, 0) is 11.3 Å². The van der Waals surface area contributed by atoms with Crippen LogP contribution in [0.4, 0.5) is 8.78 Å². The van der Waals surface area contributed by atoms with E-state index in [1.807, 2.05) is 0 Å². The van der Waals surface area contributed by atoms with Crippen molar-refractivity contribution in [2.45, 2.75) is 51.0 Å². The number of hydrogen-bond donors (Lipinski definition) is 1.